The maximum atomic E-state index is 5.60. The third kappa shape index (κ3) is 3.67. The van der Waals surface area contributed by atoms with Crippen molar-refractivity contribution in [2.45, 2.75) is 0 Å². The van der Waals surface area contributed by atoms with E-state index in [1.165, 1.54) is 0 Å². The van der Waals surface area contributed by atoms with E-state index in [0.29, 0.717) is 6.61 Å². The van der Waals surface area contributed by atoms with E-state index < -0.39 is 0 Å². The van der Waals surface area contributed by atoms with Gasteiger partial charge in [-0.2, -0.15) is 0 Å². The van der Waals surface area contributed by atoms with Crippen LogP contribution in [-0.2, 0) is 0 Å². The SMILES string of the molecule is C=C(CNC)COc1ccccc1I. The monoisotopic (exact) mass is 303 g/mol. The Bertz CT molecular complexity index is 312. The maximum Gasteiger partial charge on any atom is 0.133 e. The molecule has 0 saturated heterocycles. The average Bonchev–Trinajstić information content (AvgIpc) is 2.17. The van der Waals surface area contributed by atoms with Crippen molar-refractivity contribution in [3.8, 4) is 5.75 Å². The number of hydrogen-bond acceptors (Lipinski definition) is 2. The predicted octanol–water partition coefficient (Wildman–Crippen LogP) is 2.45. The second kappa shape index (κ2) is 6.03. The Morgan fingerprint density at radius 3 is 2.86 bits per heavy atom. The Balaban J connectivity index is 2.46. The minimum Gasteiger partial charge on any atom is -0.488 e. The topological polar surface area (TPSA) is 21.3 Å². The van der Waals surface area contributed by atoms with E-state index in [1.54, 1.807) is 0 Å². The molecule has 0 aliphatic rings. The molecular formula is C11H14INO. The summed E-state index contributed by atoms with van der Waals surface area (Å²) in [5.74, 6) is 0.922. The van der Waals surface area contributed by atoms with Gasteiger partial charge in [-0.25, -0.2) is 0 Å². The molecule has 1 rings (SSSR count). The molecule has 0 aliphatic carbocycles. The first-order chi connectivity index (χ1) is 6.74. The molecule has 1 aromatic carbocycles. The van der Waals surface area contributed by atoms with Crippen LogP contribution in [0.3, 0.4) is 0 Å². The number of hydrogen-bond donors (Lipinski definition) is 1. The van der Waals surface area contributed by atoms with Gasteiger partial charge in [0.2, 0.25) is 0 Å². The van der Waals surface area contributed by atoms with Crippen molar-refractivity contribution in [3.05, 3.63) is 40.0 Å². The van der Waals surface area contributed by atoms with Gasteiger partial charge in [0, 0.05) is 6.54 Å². The summed E-state index contributed by atoms with van der Waals surface area (Å²) < 4.78 is 6.73. The van der Waals surface area contributed by atoms with Gasteiger partial charge in [-0.05, 0) is 47.3 Å². The predicted molar refractivity (Wildman–Crippen MR) is 67.7 cm³/mol. The second-order valence-electron chi connectivity index (χ2n) is 3.00. The minimum absolute atomic E-state index is 0.570. The Labute approximate surface area is 98.5 Å². The number of rotatable bonds is 5. The van der Waals surface area contributed by atoms with Crippen LogP contribution in [0.4, 0.5) is 0 Å². The molecule has 2 nitrogen and oxygen atoms in total. The highest BCUT2D eigenvalue weighted by Crippen LogP contribution is 2.19. The van der Waals surface area contributed by atoms with Gasteiger partial charge >= 0.3 is 0 Å². The van der Waals surface area contributed by atoms with Crippen LogP contribution in [0.25, 0.3) is 0 Å². The van der Waals surface area contributed by atoms with Gasteiger partial charge in [-0.15, -0.1) is 0 Å². The van der Waals surface area contributed by atoms with Gasteiger partial charge in [-0.1, -0.05) is 18.7 Å². The van der Waals surface area contributed by atoms with Crippen molar-refractivity contribution in [2.24, 2.45) is 0 Å². The molecule has 0 spiro atoms. The third-order valence-corrected chi connectivity index (χ3v) is 2.59. The van der Waals surface area contributed by atoms with Crippen LogP contribution in [-0.4, -0.2) is 20.2 Å². The lowest BCUT2D eigenvalue weighted by Gasteiger charge is -2.09. The molecule has 1 aromatic rings. The minimum atomic E-state index is 0.570. The van der Waals surface area contributed by atoms with Crippen molar-refractivity contribution >= 4 is 22.6 Å². The van der Waals surface area contributed by atoms with Gasteiger partial charge in [-0.3, -0.25) is 0 Å². The fourth-order valence-corrected chi connectivity index (χ4v) is 1.59. The highest BCUT2D eigenvalue weighted by atomic mass is 127. The quantitative estimate of drug-likeness (QED) is 0.666. The van der Waals surface area contributed by atoms with Crippen LogP contribution in [0.5, 0.6) is 5.75 Å². The van der Waals surface area contributed by atoms with Crippen LogP contribution in [0.1, 0.15) is 0 Å². The molecule has 14 heavy (non-hydrogen) atoms. The van der Waals surface area contributed by atoms with Crippen molar-refractivity contribution in [2.75, 3.05) is 20.2 Å². The molecule has 0 amide bonds. The molecule has 0 saturated carbocycles. The lowest BCUT2D eigenvalue weighted by Crippen LogP contribution is -2.14. The van der Waals surface area contributed by atoms with Crippen molar-refractivity contribution in [1.29, 1.82) is 0 Å². The fourth-order valence-electron chi connectivity index (χ4n) is 1.04. The molecule has 0 radical (unpaired) electrons. The molecule has 0 aromatic heterocycles. The van der Waals surface area contributed by atoms with E-state index in [1.807, 2.05) is 31.3 Å². The smallest absolute Gasteiger partial charge is 0.133 e. The standard InChI is InChI=1S/C11H14INO/c1-9(7-13-2)8-14-11-6-4-3-5-10(11)12/h3-6,13H,1,7-8H2,2H3. The highest BCUT2D eigenvalue weighted by Gasteiger charge is 1.99. The first-order valence-electron chi connectivity index (χ1n) is 4.42. The number of benzene rings is 1. The van der Waals surface area contributed by atoms with E-state index in [0.717, 1.165) is 21.4 Å². The summed E-state index contributed by atoms with van der Waals surface area (Å²) in [6, 6.07) is 7.96. The van der Waals surface area contributed by atoms with Gasteiger partial charge in [0.05, 0.1) is 3.57 Å². The lowest BCUT2D eigenvalue weighted by molar-refractivity contribution is 0.347. The van der Waals surface area contributed by atoms with Crippen molar-refractivity contribution < 1.29 is 4.74 Å². The number of ether oxygens (including phenoxy) is 1. The van der Waals surface area contributed by atoms with Gasteiger partial charge in [0.1, 0.15) is 12.4 Å². The molecule has 0 bridgehead atoms. The van der Waals surface area contributed by atoms with E-state index in [-0.39, 0.29) is 0 Å². The Kier molecular flexibility index (Phi) is 4.97. The number of likely N-dealkylation sites (N-methyl/N-ethyl adjacent to an activating group) is 1. The summed E-state index contributed by atoms with van der Waals surface area (Å²) in [4.78, 5) is 0. The van der Waals surface area contributed by atoms with Crippen LogP contribution >= 0.6 is 22.6 Å². The Hall–Kier alpha value is -0.550. The van der Waals surface area contributed by atoms with Crippen LogP contribution < -0.4 is 10.1 Å². The average molecular weight is 303 g/mol. The molecule has 3 heteroatoms. The van der Waals surface area contributed by atoms with E-state index in [4.69, 9.17) is 4.74 Å². The molecule has 1 N–H and O–H groups in total. The van der Waals surface area contributed by atoms with Crippen molar-refractivity contribution in [3.63, 3.8) is 0 Å². The van der Waals surface area contributed by atoms with E-state index in [9.17, 15) is 0 Å². The van der Waals surface area contributed by atoms with E-state index >= 15 is 0 Å². The van der Waals surface area contributed by atoms with Gasteiger partial charge < -0.3 is 10.1 Å². The molecule has 0 atom stereocenters. The van der Waals surface area contributed by atoms with Gasteiger partial charge in [0.15, 0.2) is 0 Å². The van der Waals surface area contributed by atoms with Gasteiger partial charge in [0.25, 0.3) is 0 Å². The molecule has 76 valence electrons. The zero-order chi connectivity index (χ0) is 10.4. The van der Waals surface area contributed by atoms with Crippen LogP contribution in [0.15, 0.2) is 36.4 Å². The third-order valence-electron chi connectivity index (χ3n) is 1.70. The molecule has 0 fully saturated rings. The van der Waals surface area contributed by atoms with Crippen LogP contribution in [0, 0.1) is 3.57 Å². The Morgan fingerprint density at radius 2 is 2.21 bits per heavy atom. The second-order valence-corrected chi connectivity index (χ2v) is 4.16. The summed E-state index contributed by atoms with van der Waals surface area (Å²) in [5.41, 5.74) is 1.05. The highest BCUT2D eigenvalue weighted by molar-refractivity contribution is 14.1. The number of halogens is 1. The first-order valence-corrected chi connectivity index (χ1v) is 5.50. The van der Waals surface area contributed by atoms with Crippen LogP contribution in [0.2, 0.25) is 0 Å². The summed E-state index contributed by atoms with van der Waals surface area (Å²) in [6.07, 6.45) is 0. The number of para-hydroxylation sites is 1. The summed E-state index contributed by atoms with van der Waals surface area (Å²) in [5, 5.41) is 3.04. The number of nitrogens with one attached hydrogen (secondary N) is 1. The maximum absolute atomic E-state index is 5.60. The normalized spacial score (nSPS) is 9.86. The lowest BCUT2D eigenvalue weighted by atomic mass is 10.3. The molecule has 0 heterocycles. The zero-order valence-electron chi connectivity index (χ0n) is 8.22. The summed E-state index contributed by atoms with van der Waals surface area (Å²) in [6.45, 7) is 5.26. The fraction of sp³-hybridized carbons (Fsp3) is 0.273. The first kappa shape index (κ1) is 11.5. The zero-order valence-corrected chi connectivity index (χ0v) is 10.4. The largest absolute Gasteiger partial charge is 0.488 e. The summed E-state index contributed by atoms with van der Waals surface area (Å²) in [7, 11) is 1.90. The summed E-state index contributed by atoms with van der Waals surface area (Å²) >= 11 is 2.26. The Morgan fingerprint density at radius 1 is 1.50 bits per heavy atom. The van der Waals surface area contributed by atoms with Crippen molar-refractivity contribution in [1.82, 2.24) is 5.32 Å². The molecular weight excluding hydrogens is 289 g/mol. The van der Waals surface area contributed by atoms with E-state index in [2.05, 4.69) is 34.5 Å². The molecule has 0 unspecified atom stereocenters. The molecule has 0 aliphatic heterocycles.